The van der Waals surface area contributed by atoms with E-state index >= 15 is 0 Å². The second-order valence-corrected chi connectivity index (χ2v) is 5.94. The zero-order valence-electron chi connectivity index (χ0n) is 11.8. The second-order valence-electron chi connectivity index (χ2n) is 5.19. The van der Waals surface area contributed by atoms with Crippen molar-refractivity contribution >= 4 is 22.4 Å². The van der Waals surface area contributed by atoms with E-state index in [9.17, 15) is 4.79 Å². The lowest BCUT2D eigenvalue weighted by Crippen LogP contribution is -2.23. The Morgan fingerprint density at radius 1 is 1.00 bits per heavy atom. The number of pyridine rings is 1. The van der Waals surface area contributed by atoms with Gasteiger partial charge in [-0.25, -0.2) is 0 Å². The SMILES string of the molecule is CC(Cl)Cn1cc(-c2ccccc2)c2ccccc2c1=O. The van der Waals surface area contributed by atoms with Crippen LogP contribution >= 0.6 is 11.6 Å². The molecule has 0 aliphatic carbocycles. The van der Waals surface area contributed by atoms with Crippen molar-refractivity contribution in [1.29, 1.82) is 0 Å². The first kappa shape index (κ1) is 13.9. The summed E-state index contributed by atoms with van der Waals surface area (Å²) >= 11 is 6.07. The van der Waals surface area contributed by atoms with Crippen LogP contribution in [0.25, 0.3) is 21.9 Å². The zero-order chi connectivity index (χ0) is 14.8. The average molecular weight is 298 g/mol. The van der Waals surface area contributed by atoms with Gasteiger partial charge in [-0.15, -0.1) is 11.6 Å². The molecule has 0 aliphatic heterocycles. The minimum atomic E-state index is -0.0903. The predicted molar refractivity (Wildman–Crippen MR) is 89.0 cm³/mol. The quantitative estimate of drug-likeness (QED) is 0.661. The van der Waals surface area contributed by atoms with Gasteiger partial charge in [0.1, 0.15) is 0 Å². The Balaban J connectivity index is 2.33. The van der Waals surface area contributed by atoms with Crippen molar-refractivity contribution in [1.82, 2.24) is 4.57 Å². The van der Waals surface area contributed by atoms with Gasteiger partial charge in [0.15, 0.2) is 0 Å². The molecule has 3 rings (SSSR count). The maximum absolute atomic E-state index is 12.6. The Morgan fingerprint density at radius 2 is 1.62 bits per heavy atom. The number of fused-ring (bicyclic) bond motifs is 1. The number of aromatic nitrogens is 1. The van der Waals surface area contributed by atoms with E-state index in [1.807, 2.05) is 55.6 Å². The van der Waals surface area contributed by atoms with Crippen LogP contribution in [0.3, 0.4) is 0 Å². The molecule has 0 spiro atoms. The van der Waals surface area contributed by atoms with Crippen molar-refractivity contribution in [3.63, 3.8) is 0 Å². The number of alkyl halides is 1. The number of hydrogen-bond acceptors (Lipinski definition) is 1. The van der Waals surface area contributed by atoms with Gasteiger partial charge in [0.2, 0.25) is 0 Å². The first-order valence-electron chi connectivity index (χ1n) is 6.98. The van der Waals surface area contributed by atoms with E-state index in [0.717, 1.165) is 21.9 Å². The fourth-order valence-corrected chi connectivity index (χ4v) is 2.75. The molecule has 1 atom stereocenters. The van der Waals surface area contributed by atoms with Crippen LogP contribution in [0.2, 0.25) is 0 Å². The highest BCUT2D eigenvalue weighted by Gasteiger charge is 2.11. The van der Waals surface area contributed by atoms with E-state index in [2.05, 4.69) is 12.1 Å². The molecule has 1 heterocycles. The maximum atomic E-state index is 12.6. The lowest BCUT2D eigenvalue weighted by atomic mass is 10.0. The number of halogens is 1. The van der Waals surface area contributed by atoms with Gasteiger partial charge in [0.05, 0.1) is 0 Å². The third-order valence-corrected chi connectivity index (χ3v) is 3.66. The van der Waals surface area contributed by atoms with Crippen molar-refractivity contribution in [3.05, 3.63) is 71.1 Å². The van der Waals surface area contributed by atoms with Gasteiger partial charge < -0.3 is 4.57 Å². The Hall–Kier alpha value is -2.06. The molecule has 1 aromatic heterocycles. The van der Waals surface area contributed by atoms with Crippen molar-refractivity contribution in [3.8, 4) is 11.1 Å². The van der Waals surface area contributed by atoms with Crippen LogP contribution in [0, 0.1) is 0 Å². The normalized spacial score (nSPS) is 12.5. The van der Waals surface area contributed by atoms with Crippen molar-refractivity contribution in [2.24, 2.45) is 0 Å². The number of benzene rings is 2. The van der Waals surface area contributed by atoms with Crippen LogP contribution in [0.15, 0.2) is 65.6 Å². The summed E-state index contributed by atoms with van der Waals surface area (Å²) in [5.41, 5.74) is 2.17. The van der Waals surface area contributed by atoms with Crippen LogP contribution in [-0.2, 0) is 6.54 Å². The Morgan fingerprint density at radius 3 is 2.29 bits per heavy atom. The fraction of sp³-hybridized carbons (Fsp3) is 0.167. The number of nitrogens with zero attached hydrogens (tertiary/aromatic N) is 1. The number of hydrogen-bond donors (Lipinski definition) is 0. The summed E-state index contributed by atoms with van der Waals surface area (Å²) in [6.07, 6.45) is 1.92. The summed E-state index contributed by atoms with van der Waals surface area (Å²) < 4.78 is 1.71. The van der Waals surface area contributed by atoms with E-state index in [1.165, 1.54) is 0 Å². The largest absolute Gasteiger partial charge is 0.313 e. The molecule has 2 nitrogen and oxygen atoms in total. The standard InChI is InChI=1S/C18H16ClNO/c1-13(19)11-20-12-17(14-7-3-2-4-8-14)15-9-5-6-10-16(15)18(20)21/h2-10,12-13H,11H2,1H3. The van der Waals surface area contributed by atoms with Crippen LogP contribution in [0.4, 0.5) is 0 Å². The maximum Gasteiger partial charge on any atom is 0.258 e. The molecule has 3 heteroatoms. The molecule has 0 N–H and O–H groups in total. The minimum absolute atomic E-state index is 0.0118. The number of rotatable bonds is 3. The first-order chi connectivity index (χ1) is 10.2. The molecule has 3 aromatic rings. The smallest absolute Gasteiger partial charge is 0.258 e. The van der Waals surface area contributed by atoms with Gasteiger partial charge >= 0.3 is 0 Å². The van der Waals surface area contributed by atoms with Crippen LogP contribution in [-0.4, -0.2) is 9.94 Å². The van der Waals surface area contributed by atoms with Crippen LogP contribution in [0.5, 0.6) is 0 Å². The Bertz CT molecular complexity index is 821. The van der Waals surface area contributed by atoms with Gasteiger partial charge in [-0.2, -0.15) is 0 Å². The molecule has 1 unspecified atom stereocenters. The molecule has 106 valence electrons. The lowest BCUT2D eigenvalue weighted by molar-refractivity contribution is 0.666. The van der Waals surface area contributed by atoms with E-state index in [-0.39, 0.29) is 10.9 Å². The molecular formula is C18H16ClNO. The molecule has 0 fully saturated rings. The minimum Gasteiger partial charge on any atom is -0.313 e. The van der Waals surface area contributed by atoms with Crippen molar-refractivity contribution in [2.45, 2.75) is 18.8 Å². The van der Waals surface area contributed by atoms with Crippen molar-refractivity contribution in [2.75, 3.05) is 0 Å². The van der Waals surface area contributed by atoms with E-state index in [4.69, 9.17) is 11.6 Å². The van der Waals surface area contributed by atoms with Crippen molar-refractivity contribution < 1.29 is 0 Å². The Kier molecular flexibility index (Phi) is 3.80. The highest BCUT2D eigenvalue weighted by atomic mass is 35.5. The zero-order valence-corrected chi connectivity index (χ0v) is 12.5. The molecule has 0 saturated carbocycles. The summed E-state index contributed by atoms with van der Waals surface area (Å²) in [7, 11) is 0. The Labute approximate surface area is 128 Å². The lowest BCUT2D eigenvalue weighted by Gasteiger charge is -2.13. The summed E-state index contributed by atoms with van der Waals surface area (Å²) in [6.45, 7) is 2.40. The molecule has 0 aliphatic rings. The van der Waals surface area contributed by atoms with Gasteiger partial charge in [0.25, 0.3) is 5.56 Å². The van der Waals surface area contributed by atoms with Gasteiger partial charge in [-0.05, 0) is 23.9 Å². The third kappa shape index (κ3) is 2.72. The van der Waals surface area contributed by atoms with Crippen LogP contribution < -0.4 is 5.56 Å². The molecule has 2 aromatic carbocycles. The van der Waals surface area contributed by atoms with E-state index < -0.39 is 0 Å². The predicted octanol–water partition coefficient (Wildman–Crippen LogP) is 4.30. The highest BCUT2D eigenvalue weighted by molar-refractivity contribution is 6.20. The van der Waals surface area contributed by atoms with Gasteiger partial charge in [-0.3, -0.25) is 4.79 Å². The van der Waals surface area contributed by atoms with Crippen LogP contribution in [0.1, 0.15) is 6.92 Å². The molecule has 21 heavy (non-hydrogen) atoms. The molecule has 0 saturated heterocycles. The highest BCUT2D eigenvalue weighted by Crippen LogP contribution is 2.26. The fourth-order valence-electron chi connectivity index (χ4n) is 2.60. The molecule has 0 amide bonds. The van der Waals surface area contributed by atoms with Gasteiger partial charge in [0, 0.05) is 29.1 Å². The summed E-state index contributed by atoms with van der Waals surface area (Å²) in [5, 5.41) is 1.62. The average Bonchev–Trinajstić information content (AvgIpc) is 2.51. The van der Waals surface area contributed by atoms with E-state index in [1.54, 1.807) is 4.57 Å². The molecule has 0 radical (unpaired) electrons. The first-order valence-corrected chi connectivity index (χ1v) is 7.42. The molecule has 0 bridgehead atoms. The summed E-state index contributed by atoms with van der Waals surface area (Å²) in [4.78, 5) is 12.6. The van der Waals surface area contributed by atoms with E-state index in [0.29, 0.717) is 6.54 Å². The monoisotopic (exact) mass is 297 g/mol. The topological polar surface area (TPSA) is 22.0 Å². The summed E-state index contributed by atoms with van der Waals surface area (Å²) in [5.74, 6) is 0. The second kappa shape index (κ2) is 5.74. The third-order valence-electron chi connectivity index (χ3n) is 3.53. The molecular weight excluding hydrogens is 282 g/mol. The summed E-state index contributed by atoms with van der Waals surface area (Å²) in [6, 6.07) is 17.8. The van der Waals surface area contributed by atoms with Gasteiger partial charge in [-0.1, -0.05) is 48.5 Å².